The van der Waals surface area contributed by atoms with Gasteiger partial charge in [-0.25, -0.2) is 9.11 Å². The summed E-state index contributed by atoms with van der Waals surface area (Å²) in [7, 11) is 3.38. The van der Waals surface area contributed by atoms with E-state index in [0.717, 1.165) is 24.1 Å². The molecule has 5 N–H and O–H groups in total. The topological polar surface area (TPSA) is 99.2 Å². The van der Waals surface area contributed by atoms with Gasteiger partial charge in [-0.05, 0) is 69.6 Å². The van der Waals surface area contributed by atoms with E-state index in [9.17, 15) is 14.0 Å². The Labute approximate surface area is 208 Å². The van der Waals surface area contributed by atoms with Crippen LogP contribution in [-0.2, 0) is 7.05 Å². The average molecular weight is 497 g/mol. The number of amides is 1. The van der Waals surface area contributed by atoms with Crippen LogP contribution in [0.3, 0.4) is 0 Å². The molecule has 3 aromatic rings. The summed E-state index contributed by atoms with van der Waals surface area (Å²) in [5.41, 5.74) is 3.17. The van der Waals surface area contributed by atoms with Gasteiger partial charge in [-0.1, -0.05) is 12.1 Å². The molecule has 0 aliphatic heterocycles. The summed E-state index contributed by atoms with van der Waals surface area (Å²) >= 11 is 1.32. The van der Waals surface area contributed by atoms with Crippen molar-refractivity contribution in [2.24, 2.45) is 7.05 Å². The second-order valence-corrected chi connectivity index (χ2v) is 9.37. The number of carbonyl (C=O) groups is 1. The van der Waals surface area contributed by atoms with Gasteiger partial charge in [-0.2, -0.15) is 0 Å². The number of carbonyl (C=O) groups excluding carboxylic acids is 1. The Morgan fingerprint density at radius 3 is 2.51 bits per heavy atom. The molecule has 2 aromatic carbocycles. The molecule has 1 saturated carbocycles. The number of halogens is 1. The molecule has 10 heteroatoms. The molecular weight excluding hydrogens is 467 g/mol. The van der Waals surface area contributed by atoms with E-state index in [-0.39, 0.29) is 34.6 Å². The molecule has 4 rings (SSSR count). The number of nitrogens with one attached hydrogen (secondary N) is 5. The average Bonchev–Trinajstić information content (AvgIpc) is 3.65. The molecule has 0 radical (unpaired) electrons. The van der Waals surface area contributed by atoms with Crippen molar-refractivity contribution in [3.8, 4) is 0 Å². The van der Waals surface area contributed by atoms with Crippen molar-refractivity contribution in [1.29, 1.82) is 0 Å². The number of hydrogen-bond acceptors (Lipinski definition) is 7. The molecule has 1 aliphatic carbocycles. The first-order valence-corrected chi connectivity index (χ1v) is 12.1. The first-order chi connectivity index (χ1) is 16.8. The molecule has 35 heavy (non-hydrogen) atoms. The van der Waals surface area contributed by atoms with Crippen LogP contribution in [0.4, 0.5) is 33.0 Å². The minimum Gasteiger partial charge on any atom is -0.354 e. The van der Waals surface area contributed by atoms with Gasteiger partial charge in [0.15, 0.2) is 0 Å². The Kier molecular flexibility index (Phi) is 7.32. The fourth-order valence-corrected chi connectivity index (χ4v) is 4.05. The van der Waals surface area contributed by atoms with Crippen molar-refractivity contribution in [3.63, 3.8) is 0 Å². The molecule has 0 bridgehead atoms. The highest BCUT2D eigenvalue weighted by Gasteiger charge is 2.29. The number of hydrogen-bond donors (Lipinski definition) is 5. The lowest BCUT2D eigenvalue weighted by Crippen LogP contribution is -2.32. The largest absolute Gasteiger partial charge is 0.354 e. The van der Waals surface area contributed by atoms with Crippen LogP contribution in [0, 0.1) is 19.7 Å². The fourth-order valence-electron chi connectivity index (χ4n) is 3.71. The summed E-state index contributed by atoms with van der Waals surface area (Å²) in [4.78, 5) is 26.6. The maximum absolute atomic E-state index is 14.7. The van der Waals surface area contributed by atoms with Crippen LogP contribution in [0.1, 0.15) is 34.3 Å². The van der Waals surface area contributed by atoms with E-state index in [1.165, 1.54) is 22.8 Å². The number of anilines is 5. The molecule has 1 heterocycles. The lowest BCUT2D eigenvalue weighted by Gasteiger charge is -2.22. The lowest BCUT2D eigenvalue weighted by molar-refractivity contribution is 0.0952. The van der Waals surface area contributed by atoms with E-state index in [1.54, 1.807) is 40.1 Å². The summed E-state index contributed by atoms with van der Waals surface area (Å²) in [6, 6.07) is 12.4. The van der Waals surface area contributed by atoms with Crippen LogP contribution in [0.15, 0.2) is 47.3 Å². The van der Waals surface area contributed by atoms with Gasteiger partial charge in [0.2, 0.25) is 0 Å². The van der Waals surface area contributed by atoms with Crippen LogP contribution in [0.5, 0.6) is 0 Å². The monoisotopic (exact) mass is 496 g/mol. The van der Waals surface area contributed by atoms with Crippen LogP contribution >= 0.6 is 12.1 Å². The lowest BCUT2D eigenvalue weighted by atomic mass is 10.1. The van der Waals surface area contributed by atoms with Crippen molar-refractivity contribution in [3.05, 3.63) is 75.3 Å². The maximum Gasteiger partial charge on any atom is 0.257 e. The standard InChI is InChI=1S/C25H29FN6O2S/c1-14-8-11-20(19(26)12-14)30-23-21(24(33)29-16-9-10-16)22(15(2)25(34)32(23)4)28-17-6-5-7-18(13-17)31-35-27-3/h5-8,11-13,16,27-28,30-31H,9-10H2,1-4H3,(H,29,33). The van der Waals surface area contributed by atoms with E-state index >= 15 is 0 Å². The number of benzene rings is 2. The van der Waals surface area contributed by atoms with E-state index in [4.69, 9.17) is 0 Å². The molecule has 1 amide bonds. The molecule has 8 nitrogen and oxygen atoms in total. The number of aryl methyl sites for hydroxylation is 1. The number of rotatable bonds is 9. The zero-order valence-corrected chi connectivity index (χ0v) is 20.9. The molecule has 1 aromatic heterocycles. The molecule has 0 unspecified atom stereocenters. The van der Waals surface area contributed by atoms with Gasteiger partial charge >= 0.3 is 0 Å². The highest BCUT2D eigenvalue weighted by Crippen LogP contribution is 2.33. The molecule has 1 aliphatic rings. The Hall–Kier alpha value is -3.50. The van der Waals surface area contributed by atoms with Gasteiger partial charge in [-0.15, -0.1) is 0 Å². The van der Waals surface area contributed by atoms with Crippen molar-refractivity contribution >= 4 is 46.6 Å². The number of aromatic nitrogens is 1. The molecule has 0 spiro atoms. The minimum absolute atomic E-state index is 0.1000. The molecular formula is C25H29FN6O2S. The van der Waals surface area contributed by atoms with Gasteiger partial charge < -0.3 is 20.7 Å². The van der Waals surface area contributed by atoms with Crippen LogP contribution in [0.25, 0.3) is 0 Å². The first-order valence-electron chi connectivity index (χ1n) is 11.3. The fraction of sp³-hybridized carbons (Fsp3) is 0.280. The third-order valence-corrected chi connectivity index (χ3v) is 6.28. The van der Waals surface area contributed by atoms with E-state index in [0.29, 0.717) is 16.9 Å². The zero-order valence-electron chi connectivity index (χ0n) is 20.1. The van der Waals surface area contributed by atoms with Gasteiger partial charge in [-0.3, -0.25) is 14.2 Å². The third kappa shape index (κ3) is 5.60. The Bertz CT molecular complexity index is 1320. The summed E-state index contributed by atoms with van der Waals surface area (Å²) in [5, 5.41) is 9.29. The summed E-state index contributed by atoms with van der Waals surface area (Å²) in [6.45, 7) is 3.47. The summed E-state index contributed by atoms with van der Waals surface area (Å²) in [6.07, 6.45) is 1.82. The van der Waals surface area contributed by atoms with E-state index < -0.39 is 5.82 Å². The highest BCUT2D eigenvalue weighted by molar-refractivity contribution is 7.98. The summed E-state index contributed by atoms with van der Waals surface area (Å²) < 4.78 is 22.2. The van der Waals surface area contributed by atoms with Gasteiger partial charge in [0.25, 0.3) is 11.5 Å². The number of pyridine rings is 1. The van der Waals surface area contributed by atoms with Gasteiger partial charge in [0.05, 0.1) is 11.4 Å². The second kappa shape index (κ2) is 10.4. The Morgan fingerprint density at radius 2 is 1.83 bits per heavy atom. The van der Waals surface area contributed by atoms with E-state index in [2.05, 4.69) is 25.4 Å². The summed E-state index contributed by atoms with van der Waals surface area (Å²) in [5.74, 6) is -0.588. The SMILES string of the molecule is CNSNc1cccc(Nc2c(C(=O)NC3CC3)c(Nc3ccc(C)cc3F)n(C)c(=O)c2C)c1. The van der Waals surface area contributed by atoms with Gasteiger partial charge in [0.1, 0.15) is 17.2 Å². The number of nitrogens with zero attached hydrogens (tertiary/aromatic N) is 1. The highest BCUT2D eigenvalue weighted by atomic mass is 32.2. The molecule has 184 valence electrons. The van der Waals surface area contributed by atoms with E-state index in [1.807, 2.05) is 24.3 Å². The smallest absolute Gasteiger partial charge is 0.257 e. The molecule has 0 saturated heterocycles. The van der Waals surface area contributed by atoms with Crippen molar-refractivity contribution in [1.82, 2.24) is 14.6 Å². The normalized spacial score (nSPS) is 12.8. The zero-order chi connectivity index (χ0) is 25.1. The van der Waals surface area contributed by atoms with Crippen molar-refractivity contribution < 1.29 is 9.18 Å². The predicted octanol–water partition coefficient (Wildman–Crippen LogP) is 4.72. The predicted molar refractivity (Wildman–Crippen MR) is 141 cm³/mol. The quantitative estimate of drug-likeness (QED) is 0.274. The minimum atomic E-state index is -0.470. The third-order valence-electron chi connectivity index (χ3n) is 5.74. The van der Waals surface area contributed by atoms with Crippen LogP contribution in [-0.4, -0.2) is 23.6 Å². The van der Waals surface area contributed by atoms with Crippen LogP contribution < -0.4 is 31.0 Å². The second-order valence-electron chi connectivity index (χ2n) is 8.56. The van der Waals surface area contributed by atoms with Gasteiger partial charge in [0, 0.05) is 42.2 Å². The van der Waals surface area contributed by atoms with Crippen molar-refractivity contribution in [2.75, 3.05) is 22.4 Å². The van der Waals surface area contributed by atoms with Crippen LogP contribution in [0.2, 0.25) is 0 Å². The molecule has 1 fully saturated rings. The Morgan fingerprint density at radius 1 is 1.09 bits per heavy atom. The van der Waals surface area contributed by atoms with Crippen molar-refractivity contribution in [2.45, 2.75) is 32.7 Å². The Balaban J connectivity index is 1.83. The maximum atomic E-state index is 14.7. The first kappa shape index (κ1) is 24.6. The molecule has 0 atom stereocenters.